The molecule has 1 heteroatoms. The van der Waals surface area contributed by atoms with Gasteiger partial charge in [0.1, 0.15) is 0 Å². The first-order chi connectivity index (χ1) is 6.77. The third-order valence-corrected chi connectivity index (χ3v) is 3.19. The second-order valence-corrected chi connectivity index (χ2v) is 4.41. The minimum Gasteiger partial charge on any atom is -0.0843 e. The largest absolute Gasteiger partial charge is 0.0843 e. The molecule has 0 atom stereocenters. The van der Waals surface area contributed by atoms with Crippen molar-refractivity contribution in [2.24, 2.45) is 0 Å². The average Bonchev–Trinajstić information content (AvgIpc) is 2.20. The standard InChI is InChI=1S/C13H15Cl/c1-10-4-2-3-5-13(10)11-6-8-12(14)9-7-11/h6-9H,2-5H2,1H3. The Morgan fingerprint density at radius 2 is 1.64 bits per heavy atom. The van der Waals surface area contributed by atoms with E-state index in [-0.39, 0.29) is 0 Å². The zero-order valence-electron chi connectivity index (χ0n) is 8.52. The Balaban J connectivity index is 2.34. The van der Waals surface area contributed by atoms with Gasteiger partial charge in [0, 0.05) is 5.02 Å². The Hall–Kier alpha value is -0.750. The minimum absolute atomic E-state index is 0.822. The highest BCUT2D eigenvalue weighted by molar-refractivity contribution is 6.30. The summed E-state index contributed by atoms with van der Waals surface area (Å²) in [6, 6.07) is 8.22. The lowest BCUT2D eigenvalue weighted by atomic mass is 9.88. The maximum atomic E-state index is 5.87. The number of rotatable bonds is 1. The molecule has 0 fully saturated rings. The summed E-state index contributed by atoms with van der Waals surface area (Å²) in [6.45, 7) is 2.25. The monoisotopic (exact) mass is 206 g/mol. The molecule has 0 unspecified atom stereocenters. The van der Waals surface area contributed by atoms with Gasteiger partial charge < -0.3 is 0 Å². The second-order valence-electron chi connectivity index (χ2n) is 3.97. The van der Waals surface area contributed by atoms with Crippen molar-refractivity contribution in [3.05, 3.63) is 40.4 Å². The van der Waals surface area contributed by atoms with Crippen LogP contribution >= 0.6 is 11.6 Å². The van der Waals surface area contributed by atoms with E-state index in [0.717, 1.165) is 5.02 Å². The van der Waals surface area contributed by atoms with Crippen LogP contribution in [0.5, 0.6) is 0 Å². The van der Waals surface area contributed by atoms with Crippen molar-refractivity contribution in [2.75, 3.05) is 0 Å². The van der Waals surface area contributed by atoms with E-state index in [1.807, 2.05) is 12.1 Å². The van der Waals surface area contributed by atoms with Gasteiger partial charge in [-0.15, -0.1) is 0 Å². The fourth-order valence-electron chi connectivity index (χ4n) is 2.10. The molecule has 0 saturated heterocycles. The van der Waals surface area contributed by atoms with Crippen LogP contribution in [0.25, 0.3) is 5.57 Å². The fraction of sp³-hybridized carbons (Fsp3) is 0.385. The molecule has 0 saturated carbocycles. The Morgan fingerprint density at radius 3 is 2.29 bits per heavy atom. The number of hydrogen-bond acceptors (Lipinski definition) is 0. The molecular formula is C13H15Cl. The molecular weight excluding hydrogens is 192 g/mol. The highest BCUT2D eigenvalue weighted by Crippen LogP contribution is 2.32. The van der Waals surface area contributed by atoms with Crippen LogP contribution < -0.4 is 0 Å². The van der Waals surface area contributed by atoms with E-state index in [0.29, 0.717) is 0 Å². The van der Waals surface area contributed by atoms with Crippen molar-refractivity contribution in [2.45, 2.75) is 32.6 Å². The molecule has 0 spiro atoms. The first-order valence-electron chi connectivity index (χ1n) is 5.22. The summed E-state index contributed by atoms with van der Waals surface area (Å²) in [5, 5.41) is 0.822. The van der Waals surface area contributed by atoms with Crippen molar-refractivity contribution >= 4 is 17.2 Å². The molecule has 0 aromatic heterocycles. The molecule has 1 aliphatic carbocycles. The second kappa shape index (κ2) is 4.18. The van der Waals surface area contributed by atoms with Crippen LogP contribution in [0.1, 0.15) is 38.2 Å². The summed E-state index contributed by atoms with van der Waals surface area (Å²) < 4.78 is 0. The minimum atomic E-state index is 0.822. The van der Waals surface area contributed by atoms with Gasteiger partial charge in [-0.05, 0) is 55.9 Å². The highest BCUT2D eigenvalue weighted by atomic mass is 35.5. The predicted molar refractivity (Wildman–Crippen MR) is 62.5 cm³/mol. The van der Waals surface area contributed by atoms with Crippen LogP contribution in [0.4, 0.5) is 0 Å². The summed E-state index contributed by atoms with van der Waals surface area (Å²) in [5.74, 6) is 0. The first kappa shape index (κ1) is 9.79. The molecule has 0 heterocycles. The van der Waals surface area contributed by atoms with E-state index in [1.165, 1.54) is 36.8 Å². The van der Waals surface area contributed by atoms with E-state index in [2.05, 4.69) is 19.1 Å². The first-order valence-corrected chi connectivity index (χ1v) is 5.60. The average molecular weight is 207 g/mol. The summed E-state index contributed by atoms with van der Waals surface area (Å²) in [5.41, 5.74) is 4.44. The molecule has 1 aromatic carbocycles. The Morgan fingerprint density at radius 1 is 1.00 bits per heavy atom. The summed E-state index contributed by atoms with van der Waals surface area (Å²) >= 11 is 5.87. The third-order valence-electron chi connectivity index (χ3n) is 2.94. The summed E-state index contributed by atoms with van der Waals surface area (Å²) in [4.78, 5) is 0. The molecule has 74 valence electrons. The molecule has 0 nitrogen and oxygen atoms in total. The lowest BCUT2D eigenvalue weighted by molar-refractivity contribution is 0.714. The number of benzene rings is 1. The van der Waals surface area contributed by atoms with Gasteiger partial charge in [0.2, 0.25) is 0 Å². The van der Waals surface area contributed by atoms with Crippen molar-refractivity contribution in [3.63, 3.8) is 0 Å². The van der Waals surface area contributed by atoms with Gasteiger partial charge in [-0.2, -0.15) is 0 Å². The molecule has 14 heavy (non-hydrogen) atoms. The normalized spacial score (nSPS) is 17.3. The maximum absolute atomic E-state index is 5.87. The molecule has 1 aliphatic rings. The van der Waals surface area contributed by atoms with E-state index in [9.17, 15) is 0 Å². The van der Waals surface area contributed by atoms with Crippen LogP contribution in [0.3, 0.4) is 0 Å². The van der Waals surface area contributed by atoms with E-state index in [4.69, 9.17) is 11.6 Å². The lowest BCUT2D eigenvalue weighted by Gasteiger charge is -2.17. The van der Waals surface area contributed by atoms with Gasteiger partial charge in [0.15, 0.2) is 0 Å². The van der Waals surface area contributed by atoms with Gasteiger partial charge in [-0.1, -0.05) is 29.3 Å². The molecule has 2 rings (SSSR count). The van der Waals surface area contributed by atoms with Gasteiger partial charge in [0.05, 0.1) is 0 Å². The van der Waals surface area contributed by atoms with E-state index < -0.39 is 0 Å². The fourth-order valence-corrected chi connectivity index (χ4v) is 2.22. The number of hydrogen-bond donors (Lipinski definition) is 0. The zero-order valence-corrected chi connectivity index (χ0v) is 9.27. The summed E-state index contributed by atoms with van der Waals surface area (Å²) in [7, 11) is 0. The van der Waals surface area contributed by atoms with Crippen molar-refractivity contribution in [1.82, 2.24) is 0 Å². The molecule has 0 aliphatic heterocycles. The topological polar surface area (TPSA) is 0 Å². The van der Waals surface area contributed by atoms with Gasteiger partial charge in [-0.25, -0.2) is 0 Å². The van der Waals surface area contributed by atoms with Gasteiger partial charge >= 0.3 is 0 Å². The number of allylic oxidation sites excluding steroid dienone is 2. The highest BCUT2D eigenvalue weighted by Gasteiger charge is 2.10. The van der Waals surface area contributed by atoms with E-state index in [1.54, 1.807) is 5.57 Å². The van der Waals surface area contributed by atoms with E-state index >= 15 is 0 Å². The quantitative estimate of drug-likeness (QED) is 0.626. The van der Waals surface area contributed by atoms with Crippen LogP contribution in [-0.4, -0.2) is 0 Å². The Labute approximate surface area is 90.6 Å². The van der Waals surface area contributed by atoms with Crippen molar-refractivity contribution < 1.29 is 0 Å². The smallest absolute Gasteiger partial charge is 0.0406 e. The zero-order chi connectivity index (χ0) is 9.97. The van der Waals surface area contributed by atoms with Crippen LogP contribution in [0.15, 0.2) is 29.8 Å². The van der Waals surface area contributed by atoms with Gasteiger partial charge in [-0.3, -0.25) is 0 Å². The van der Waals surface area contributed by atoms with Crippen LogP contribution in [0, 0.1) is 0 Å². The van der Waals surface area contributed by atoms with Crippen LogP contribution in [0.2, 0.25) is 5.02 Å². The Kier molecular flexibility index (Phi) is 2.93. The SMILES string of the molecule is CC1=C(c2ccc(Cl)cc2)CCCC1. The third kappa shape index (κ3) is 2.01. The summed E-state index contributed by atoms with van der Waals surface area (Å²) in [6.07, 6.45) is 5.17. The van der Waals surface area contributed by atoms with Gasteiger partial charge in [0.25, 0.3) is 0 Å². The number of halogens is 1. The predicted octanol–water partition coefficient (Wildman–Crippen LogP) is 4.69. The molecule has 0 amide bonds. The molecule has 0 bridgehead atoms. The Bertz CT molecular complexity index is 346. The van der Waals surface area contributed by atoms with Crippen molar-refractivity contribution in [1.29, 1.82) is 0 Å². The maximum Gasteiger partial charge on any atom is 0.0406 e. The molecule has 0 radical (unpaired) electrons. The van der Waals surface area contributed by atoms with Crippen molar-refractivity contribution in [3.8, 4) is 0 Å². The van der Waals surface area contributed by atoms with Crippen LogP contribution in [-0.2, 0) is 0 Å². The molecule has 0 N–H and O–H groups in total. The molecule has 1 aromatic rings. The lowest BCUT2D eigenvalue weighted by Crippen LogP contribution is -1.96.